The highest BCUT2D eigenvalue weighted by atomic mass is 35.5. The monoisotopic (exact) mass is 333 g/mol. The van der Waals surface area contributed by atoms with Gasteiger partial charge >= 0.3 is 5.97 Å². The van der Waals surface area contributed by atoms with E-state index < -0.39 is 18.5 Å². The van der Waals surface area contributed by atoms with E-state index in [9.17, 15) is 9.59 Å². The van der Waals surface area contributed by atoms with E-state index in [0.717, 1.165) is 0 Å². The zero-order valence-corrected chi connectivity index (χ0v) is 12.6. The van der Waals surface area contributed by atoms with Crippen LogP contribution < -0.4 is 14.8 Å². The minimum Gasteiger partial charge on any atom is -0.454 e. The van der Waals surface area contributed by atoms with Crippen LogP contribution in [0.5, 0.6) is 11.5 Å². The lowest BCUT2D eigenvalue weighted by Crippen LogP contribution is -2.20. The van der Waals surface area contributed by atoms with Crippen molar-refractivity contribution in [3.63, 3.8) is 0 Å². The number of benzene rings is 2. The van der Waals surface area contributed by atoms with Gasteiger partial charge in [-0.3, -0.25) is 4.79 Å². The van der Waals surface area contributed by atoms with E-state index >= 15 is 0 Å². The zero-order valence-electron chi connectivity index (χ0n) is 11.9. The Labute approximate surface area is 136 Å². The van der Waals surface area contributed by atoms with E-state index in [1.807, 2.05) is 0 Å². The van der Waals surface area contributed by atoms with Crippen molar-refractivity contribution < 1.29 is 23.8 Å². The maximum Gasteiger partial charge on any atom is 0.338 e. The second-order valence-electron chi connectivity index (χ2n) is 4.70. The molecule has 1 heterocycles. The first-order valence-electron chi connectivity index (χ1n) is 6.74. The lowest BCUT2D eigenvalue weighted by Gasteiger charge is -2.07. The van der Waals surface area contributed by atoms with Crippen LogP contribution in [0.25, 0.3) is 0 Å². The molecule has 23 heavy (non-hydrogen) atoms. The molecule has 1 N–H and O–H groups in total. The summed E-state index contributed by atoms with van der Waals surface area (Å²) in [6.07, 6.45) is 0. The Morgan fingerprint density at radius 2 is 1.83 bits per heavy atom. The Morgan fingerprint density at radius 1 is 1.09 bits per heavy atom. The average Bonchev–Trinajstić information content (AvgIpc) is 3.01. The van der Waals surface area contributed by atoms with Crippen molar-refractivity contribution in [2.75, 3.05) is 18.7 Å². The van der Waals surface area contributed by atoms with Crippen LogP contribution in [0.15, 0.2) is 42.5 Å². The van der Waals surface area contributed by atoms with E-state index in [4.69, 9.17) is 25.8 Å². The summed E-state index contributed by atoms with van der Waals surface area (Å²) in [5, 5.41) is 3.13. The van der Waals surface area contributed by atoms with Crippen molar-refractivity contribution in [3.05, 3.63) is 53.1 Å². The number of amides is 1. The SMILES string of the molecule is O=C(COC(=O)c1ccc(Cl)cc1)Nc1ccc2c(c1)OCO2. The summed E-state index contributed by atoms with van der Waals surface area (Å²) in [4.78, 5) is 23.6. The number of rotatable bonds is 4. The third-order valence-corrected chi connectivity index (χ3v) is 3.32. The second-order valence-corrected chi connectivity index (χ2v) is 5.14. The van der Waals surface area contributed by atoms with Crippen molar-refractivity contribution in [1.82, 2.24) is 0 Å². The molecule has 3 rings (SSSR count). The first kappa shape index (κ1) is 15.2. The summed E-state index contributed by atoms with van der Waals surface area (Å²) in [7, 11) is 0. The molecule has 0 unspecified atom stereocenters. The van der Waals surface area contributed by atoms with Gasteiger partial charge < -0.3 is 19.5 Å². The summed E-state index contributed by atoms with van der Waals surface area (Å²) < 4.78 is 15.3. The van der Waals surface area contributed by atoms with E-state index in [0.29, 0.717) is 27.8 Å². The molecule has 0 bridgehead atoms. The Bertz CT molecular complexity index is 745. The first-order valence-corrected chi connectivity index (χ1v) is 7.12. The van der Waals surface area contributed by atoms with Crippen LogP contribution in [0.1, 0.15) is 10.4 Å². The van der Waals surface area contributed by atoms with Gasteiger partial charge in [0.05, 0.1) is 5.56 Å². The first-order chi connectivity index (χ1) is 11.1. The van der Waals surface area contributed by atoms with Crippen molar-refractivity contribution >= 4 is 29.2 Å². The summed E-state index contributed by atoms with van der Waals surface area (Å²) in [5.74, 6) is 0.131. The molecule has 2 aromatic carbocycles. The summed E-state index contributed by atoms with van der Waals surface area (Å²) >= 11 is 5.74. The maximum absolute atomic E-state index is 11.8. The van der Waals surface area contributed by atoms with Crippen molar-refractivity contribution in [2.24, 2.45) is 0 Å². The molecule has 0 spiro atoms. The van der Waals surface area contributed by atoms with Crippen LogP contribution in [0, 0.1) is 0 Å². The van der Waals surface area contributed by atoms with Gasteiger partial charge in [0.25, 0.3) is 5.91 Å². The molecule has 1 amide bonds. The number of fused-ring (bicyclic) bond motifs is 1. The van der Waals surface area contributed by atoms with E-state index in [1.54, 1.807) is 30.3 Å². The number of carbonyl (C=O) groups excluding carboxylic acids is 2. The average molecular weight is 334 g/mol. The lowest BCUT2D eigenvalue weighted by atomic mass is 10.2. The standard InChI is InChI=1S/C16H12ClNO5/c17-11-3-1-10(2-4-11)16(20)21-8-15(19)18-12-5-6-13-14(7-12)23-9-22-13/h1-7H,8-9H2,(H,18,19). The van der Waals surface area contributed by atoms with Gasteiger partial charge in [0.1, 0.15) is 0 Å². The molecule has 0 saturated heterocycles. The van der Waals surface area contributed by atoms with E-state index in [2.05, 4.69) is 5.32 Å². The topological polar surface area (TPSA) is 73.9 Å². The minimum atomic E-state index is -0.595. The van der Waals surface area contributed by atoms with Gasteiger partial charge in [-0.15, -0.1) is 0 Å². The van der Waals surface area contributed by atoms with Crippen LogP contribution in [0.4, 0.5) is 5.69 Å². The van der Waals surface area contributed by atoms with Gasteiger partial charge in [-0.25, -0.2) is 4.79 Å². The normalized spacial score (nSPS) is 11.9. The summed E-state index contributed by atoms with van der Waals surface area (Å²) in [5.41, 5.74) is 0.854. The molecule has 1 aliphatic heterocycles. The van der Waals surface area contributed by atoms with Crippen molar-refractivity contribution in [3.8, 4) is 11.5 Å². The second kappa shape index (κ2) is 6.58. The molecule has 7 heteroatoms. The largest absolute Gasteiger partial charge is 0.454 e. The Morgan fingerprint density at radius 3 is 2.61 bits per heavy atom. The van der Waals surface area contributed by atoms with Gasteiger partial charge in [-0.2, -0.15) is 0 Å². The summed E-state index contributed by atoms with van der Waals surface area (Å²) in [6.45, 7) is -0.235. The molecule has 0 saturated carbocycles. The fraction of sp³-hybridized carbons (Fsp3) is 0.125. The van der Waals surface area contributed by atoms with Gasteiger partial charge in [0.15, 0.2) is 18.1 Å². The number of hydrogen-bond acceptors (Lipinski definition) is 5. The third kappa shape index (κ3) is 3.73. The van der Waals surface area contributed by atoms with E-state index in [1.165, 1.54) is 12.1 Å². The van der Waals surface area contributed by atoms with E-state index in [-0.39, 0.29) is 6.79 Å². The molecule has 2 aromatic rings. The molecule has 0 aliphatic carbocycles. The zero-order chi connectivity index (χ0) is 16.2. The van der Waals surface area contributed by atoms with Crippen molar-refractivity contribution in [2.45, 2.75) is 0 Å². The fourth-order valence-electron chi connectivity index (χ4n) is 1.97. The molecular formula is C16H12ClNO5. The Kier molecular flexibility index (Phi) is 4.34. The highest BCUT2D eigenvalue weighted by molar-refractivity contribution is 6.30. The van der Waals surface area contributed by atoms with Crippen LogP contribution in [-0.4, -0.2) is 25.3 Å². The predicted molar refractivity (Wildman–Crippen MR) is 82.9 cm³/mol. The minimum absolute atomic E-state index is 0.158. The number of anilines is 1. The molecule has 1 aliphatic rings. The highest BCUT2D eigenvalue weighted by Crippen LogP contribution is 2.34. The number of halogens is 1. The Balaban J connectivity index is 1.53. The van der Waals surface area contributed by atoms with Gasteiger partial charge in [-0.05, 0) is 36.4 Å². The number of esters is 1. The van der Waals surface area contributed by atoms with Gasteiger partial charge in [0, 0.05) is 16.8 Å². The molecule has 0 aromatic heterocycles. The fourth-order valence-corrected chi connectivity index (χ4v) is 2.10. The quantitative estimate of drug-likeness (QED) is 0.871. The van der Waals surface area contributed by atoms with Crippen LogP contribution in [0.3, 0.4) is 0 Å². The number of hydrogen-bond donors (Lipinski definition) is 1. The van der Waals surface area contributed by atoms with Crippen LogP contribution in [0.2, 0.25) is 5.02 Å². The van der Waals surface area contributed by atoms with Crippen LogP contribution in [-0.2, 0) is 9.53 Å². The highest BCUT2D eigenvalue weighted by Gasteiger charge is 2.15. The number of carbonyl (C=O) groups is 2. The smallest absolute Gasteiger partial charge is 0.338 e. The Hall–Kier alpha value is -2.73. The maximum atomic E-state index is 11.8. The molecule has 118 valence electrons. The molecule has 0 fully saturated rings. The third-order valence-electron chi connectivity index (χ3n) is 3.07. The molecule has 0 radical (unpaired) electrons. The molecule has 0 atom stereocenters. The lowest BCUT2D eigenvalue weighted by molar-refractivity contribution is -0.119. The van der Waals surface area contributed by atoms with Crippen molar-refractivity contribution in [1.29, 1.82) is 0 Å². The molecular weight excluding hydrogens is 322 g/mol. The summed E-state index contributed by atoms with van der Waals surface area (Å²) in [6, 6.07) is 11.2. The van der Waals surface area contributed by atoms with Gasteiger partial charge in [0.2, 0.25) is 6.79 Å². The predicted octanol–water partition coefficient (Wildman–Crippen LogP) is 2.86. The van der Waals surface area contributed by atoms with Gasteiger partial charge in [-0.1, -0.05) is 11.6 Å². The van der Waals surface area contributed by atoms with Crippen LogP contribution >= 0.6 is 11.6 Å². The molecule has 6 nitrogen and oxygen atoms in total. The number of ether oxygens (including phenoxy) is 3. The number of nitrogens with one attached hydrogen (secondary N) is 1.